The maximum Gasteiger partial charge on any atom is 0.325 e. The van der Waals surface area contributed by atoms with Gasteiger partial charge in [0.1, 0.15) is 5.54 Å². The summed E-state index contributed by atoms with van der Waals surface area (Å²) in [5.74, 6) is 1.42. The molecule has 1 fully saturated rings. The molecule has 1 saturated carbocycles. The highest BCUT2D eigenvalue weighted by atomic mass is 16.5. The van der Waals surface area contributed by atoms with E-state index in [-0.39, 0.29) is 5.97 Å². The fourth-order valence-corrected chi connectivity index (χ4v) is 2.09. The molecule has 1 N–H and O–H groups in total. The third-order valence-corrected chi connectivity index (χ3v) is 3.42. The molecule has 0 bridgehead atoms. The van der Waals surface area contributed by atoms with Gasteiger partial charge in [0, 0.05) is 5.92 Å². The Morgan fingerprint density at radius 3 is 2.84 bits per heavy atom. The maximum absolute atomic E-state index is 11.8. The molecule has 0 aliphatic heterocycles. The second-order valence-electron chi connectivity index (χ2n) is 5.24. The van der Waals surface area contributed by atoms with Crippen LogP contribution in [0.15, 0.2) is 4.42 Å². The van der Waals surface area contributed by atoms with E-state index in [0.29, 0.717) is 30.7 Å². The van der Waals surface area contributed by atoms with Gasteiger partial charge in [-0.3, -0.25) is 10.1 Å². The molecule has 0 saturated heterocycles. The fraction of sp³-hybridized carbons (Fsp3) is 0.769. The van der Waals surface area contributed by atoms with Crippen molar-refractivity contribution in [1.82, 2.24) is 15.5 Å². The molecule has 19 heavy (non-hydrogen) atoms. The van der Waals surface area contributed by atoms with Crippen LogP contribution in [0, 0.1) is 0 Å². The number of aromatic nitrogens is 2. The molecule has 6 heteroatoms. The maximum atomic E-state index is 11.8. The van der Waals surface area contributed by atoms with Crippen molar-refractivity contribution in [2.45, 2.75) is 57.5 Å². The summed E-state index contributed by atoms with van der Waals surface area (Å²) in [4.78, 5) is 11.8. The average molecular weight is 267 g/mol. The zero-order chi connectivity index (χ0) is 13.9. The third kappa shape index (κ3) is 3.32. The van der Waals surface area contributed by atoms with E-state index in [9.17, 15) is 4.79 Å². The van der Waals surface area contributed by atoms with E-state index in [4.69, 9.17) is 9.15 Å². The lowest BCUT2D eigenvalue weighted by Crippen LogP contribution is -2.49. The van der Waals surface area contributed by atoms with Gasteiger partial charge in [0.05, 0.1) is 13.7 Å². The van der Waals surface area contributed by atoms with Gasteiger partial charge < -0.3 is 9.15 Å². The van der Waals surface area contributed by atoms with Crippen molar-refractivity contribution in [2.75, 3.05) is 7.11 Å². The first-order valence-electron chi connectivity index (χ1n) is 6.74. The monoisotopic (exact) mass is 267 g/mol. The number of esters is 1. The molecule has 1 atom stereocenters. The van der Waals surface area contributed by atoms with E-state index in [1.165, 1.54) is 7.11 Å². The molecular weight excluding hydrogens is 246 g/mol. The molecule has 1 unspecified atom stereocenters. The molecule has 2 rings (SSSR count). The number of methoxy groups -OCH3 is 1. The van der Waals surface area contributed by atoms with E-state index >= 15 is 0 Å². The first-order valence-corrected chi connectivity index (χ1v) is 6.74. The van der Waals surface area contributed by atoms with E-state index in [2.05, 4.69) is 15.5 Å². The molecule has 1 heterocycles. The molecule has 1 aliphatic carbocycles. The summed E-state index contributed by atoms with van der Waals surface area (Å²) < 4.78 is 10.4. The minimum Gasteiger partial charge on any atom is -0.468 e. The number of ether oxygens (including phenoxy) is 1. The van der Waals surface area contributed by atoms with Gasteiger partial charge in [-0.05, 0) is 26.2 Å². The molecule has 6 nitrogen and oxygen atoms in total. The van der Waals surface area contributed by atoms with Crippen molar-refractivity contribution in [1.29, 1.82) is 0 Å². The van der Waals surface area contributed by atoms with Crippen molar-refractivity contribution in [3.63, 3.8) is 0 Å². The molecule has 1 aliphatic rings. The van der Waals surface area contributed by atoms with E-state index in [0.717, 1.165) is 19.3 Å². The SMILES string of the molecule is CCCC(C)(NCc1nnc(C2CC2)o1)C(=O)OC. The lowest BCUT2D eigenvalue weighted by molar-refractivity contribution is -0.148. The highest BCUT2D eigenvalue weighted by Gasteiger charge is 2.34. The van der Waals surface area contributed by atoms with Gasteiger partial charge in [-0.2, -0.15) is 0 Å². The van der Waals surface area contributed by atoms with Gasteiger partial charge in [0.15, 0.2) is 0 Å². The lowest BCUT2D eigenvalue weighted by atomic mass is 9.96. The fourth-order valence-electron chi connectivity index (χ4n) is 2.09. The predicted octanol–water partition coefficient (Wildman–Crippen LogP) is 1.77. The van der Waals surface area contributed by atoms with E-state index in [1.54, 1.807) is 0 Å². The predicted molar refractivity (Wildman–Crippen MR) is 68.4 cm³/mol. The van der Waals surface area contributed by atoms with Crippen LogP contribution in [0.25, 0.3) is 0 Å². The highest BCUT2D eigenvalue weighted by molar-refractivity contribution is 5.80. The summed E-state index contributed by atoms with van der Waals surface area (Å²) in [7, 11) is 1.40. The van der Waals surface area contributed by atoms with Crippen LogP contribution in [0.1, 0.15) is 57.2 Å². The van der Waals surface area contributed by atoms with Crippen LogP contribution >= 0.6 is 0 Å². The van der Waals surface area contributed by atoms with Crippen LogP contribution in [0.3, 0.4) is 0 Å². The van der Waals surface area contributed by atoms with E-state index in [1.807, 2.05) is 13.8 Å². The van der Waals surface area contributed by atoms with Crippen molar-refractivity contribution >= 4 is 5.97 Å². The zero-order valence-corrected chi connectivity index (χ0v) is 11.7. The number of hydrogen-bond acceptors (Lipinski definition) is 6. The summed E-state index contributed by atoms with van der Waals surface area (Å²) in [6.45, 7) is 4.24. The summed E-state index contributed by atoms with van der Waals surface area (Å²) in [6.07, 6.45) is 3.84. The van der Waals surface area contributed by atoms with Crippen molar-refractivity contribution in [2.24, 2.45) is 0 Å². The van der Waals surface area contributed by atoms with Crippen LogP contribution in [0.2, 0.25) is 0 Å². The summed E-state index contributed by atoms with van der Waals surface area (Å²) in [5, 5.41) is 11.2. The summed E-state index contributed by atoms with van der Waals surface area (Å²) >= 11 is 0. The molecular formula is C13H21N3O3. The molecule has 0 amide bonds. The Balaban J connectivity index is 1.95. The summed E-state index contributed by atoms with van der Waals surface area (Å²) in [5.41, 5.74) is -0.711. The molecule has 106 valence electrons. The number of rotatable bonds is 7. The Kier molecular flexibility index (Phi) is 4.19. The normalized spacial score (nSPS) is 18.1. The third-order valence-electron chi connectivity index (χ3n) is 3.42. The van der Waals surface area contributed by atoms with Crippen molar-refractivity contribution < 1.29 is 13.9 Å². The van der Waals surface area contributed by atoms with Gasteiger partial charge in [0.25, 0.3) is 0 Å². The Labute approximate surface area is 112 Å². The Hall–Kier alpha value is -1.43. The zero-order valence-electron chi connectivity index (χ0n) is 11.7. The van der Waals surface area contributed by atoms with Crippen molar-refractivity contribution in [3.05, 3.63) is 11.8 Å². The minimum absolute atomic E-state index is 0.267. The van der Waals surface area contributed by atoms with Gasteiger partial charge in [0.2, 0.25) is 11.8 Å². The van der Waals surface area contributed by atoms with Gasteiger partial charge in [-0.1, -0.05) is 13.3 Å². The smallest absolute Gasteiger partial charge is 0.325 e. The number of hydrogen-bond donors (Lipinski definition) is 1. The average Bonchev–Trinajstić information content (AvgIpc) is 3.15. The van der Waals surface area contributed by atoms with Crippen molar-refractivity contribution in [3.8, 4) is 0 Å². The molecule has 0 spiro atoms. The Morgan fingerprint density at radius 1 is 1.53 bits per heavy atom. The first-order chi connectivity index (χ1) is 9.09. The number of carbonyl (C=O) groups is 1. The first kappa shape index (κ1) is 14.0. The molecule has 0 radical (unpaired) electrons. The van der Waals surface area contributed by atoms with Crippen LogP contribution in [0.5, 0.6) is 0 Å². The van der Waals surface area contributed by atoms with Gasteiger partial charge in [-0.15, -0.1) is 10.2 Å². The van der Waals surface area contributed by atoms with Crippen LogP contribution in [0.4, 0.5) is 0 Å². The second kappa shape index (κ2) is 5.69. The second-order valence-corrected chi connectivity index (χ2v) is 5.24. The highest BCUT2D eigenvalue weighted by Crippen LogP contribution is 2.38. The quantitative estimate of drug-likeness (QED) is 0.759. The topological polar surface area (TPSA) is 77.3 Å². The molecule has 1 aromatic rings. The summed E-state index contributed by atoms with van der Waals surface area (Å²) in [6, 6.07) is 0. The largest absolute Gasteiger partial charge is 0.468 e. The minimum atomic E-state index is -0.711. The van der Waals surface area contributed by atoms with Crippen LogP contribution < -0.4 is 5.32 Å². The molecule has 0 aromatic carbocycles. The van der Waals surface area contributed by atoms with E-state index < -0.39 is 5.54 Å². The standard InChI is InChI=1S/C13H21N3O3/c1-4-7-13(2,12(17)18-3)14-8-10-15-16-11(19-10)9-5-6-9/h9,14H,4-8H2,1-3H3. The lowest BCUT2D eigenvalue weighted by Gasteiger charge is -2.26. The number of nitrogens with one attached hydrogen (secondary N) is 1. The van der Waals surface area contributed by atoms with Gasteiger partial charge >= 0.3 is 5.97 Å². The number of nitrogens with zero attached hydrogens (tertiary/aromatic N) is 2. The number of carbonyl (C=O) groups excluding carboxylic acids is 1. The van der Waals surface area contributed by atoms with Crippen LogP contribution in [-0.2, 0) is 16.1 Å². The van der Waals surface area contributed by atoms with Crippen LogP contribution in [-0.4, -0.2) is 28.8 Å². The Bertz CT molecular complexity index is 442. The Morgan fingerprint density at radius 2 is 2.26 bits per heavy atom. The molecule has 1 aromatic heterocycles. The van der Waals surface area contributed by atoms with Gasteiger partial charge in [-0.25, -0.2) is 0 Å².